The van der Waals surface area contributed by atoms with Gasteiger partial charge in [0.05, 0.1) is 18.8 Å². The number of carbonyl (C=O) groups excluding carboxylic acids is 1. The maximum absolute atomic E-state index is 12.5. The fourth-order valence-electron chi connectivity index (χ4n) is 4.24. The van der Waals surface area contributed by atoms with Gasteiger partial charge in [-0.3, -0.25) is 4.90 Å². The molecule has 1 aromatic rings. The molecular weight excluding hydrogens is 374 g/mol. The van der Waals surface area contributed by atoms with Crippen LogP contribution in [0.1, 0.15) is 12.5 Å². The van der Waals surface area contributed by atoms with Crippen molar-refractivity contribution in [3.63, 3.8) is 0 Å². The van der Waals surface area contributed by atoms with Crippen molar-refractivity contribution in [2.45, 2.75) is 24.9 Å². The van der Waals surface area contributed by atoms with E-state index >= 15 is 0 Å². The van der Waals surface area contributed by atoms with E-state index in [2.05, 4.69) is 16.8 Å². The normalized spacial score (nSPS) is 21.6. The van der Waals surface area contributed by atoms with Crippen LogP contribution in [-0.4, -0.2) is 99.3 Å². The van der Waals surface area contributed by atoms with Crippen molar-refractivity contribution in [3.8, 4) is 11.5 Å². The molecule has 2 saturated heterocycles. The molecule has 0 radical (unpaired) electrons. The summed E-state index contributed by atoms with van der Waals surface area (Å²) in [6, 6.07) is 5.92. The quantitative estimate of drug-likeness (QED) is 0.709. The average Bonchev–Trinajstić information content (AvgIpc) is 3.14. The number of benzene rings is 1. The number of ether oxygens (including phenoxy) is 4. The van der Waals surface area contributed by atoms with E-state index in [9.17, 15) is 4.79 Å². The van der Waals surface area contributed by atoms with Crippen LogP contribution in [0.2, 0.25) is 0 Å². The first-order valence-electron chi connectivity index (χ1n) is 10.3. The lowest BCUT2D eigenvalue weighted by Crippen LogP contribution is -2.71. The van der Waals surface area contributed by atoms with Gasteiger partial charge in [-0.2, -0.15) is 0 Å². The molecule has 0 saturated carbocycles. The first-order chi connectivity index (χ1) is 14.0. The second-order valence-corrected chi connectivity index (χ2v) is 8.41. The van der Waals surface area contributed by atoms with Gasteiger partial charge in [0.2, 0.25) is 6.79 Å². The number of carbonyl (C=O) groups is 1. The molecule has 3 aliphatic rings. The summed E-state index contributed by atoms with van der Waals surface area (Å²) in [4.78, 5) is 18.9. The van der Waals surface area contributed by atoms with E-state index in [0.717, 1.165) is 62.9 Å². The number of nitrogens with zero attached hydrogens (tertiary/aromatic N) is 3. The molecule has 3 aliphatic heterocycles. The summed E-state index contributed by atoms with van der Waals surface area (Å²) in [5, 5.41) is 0. The number of piperazine rings is 1. The first-order valence-corrected chi connectivity index (χ1v) is 10.3. The summed E-state index contributed by atoms with van der Waals surface area (Å²) in [6.07, 6.45) is 0.438. The van der Waals surface area contributed by atoms with Gasteiger partial charge in [0.1, 0.15) is 6.61 Å². The lowest BCUT2D eigenvalue weighted by molar-refractivity contribution is -0.168. The molecule has 1 aromatic carbocycles. The monoisotopic (exact) mass is 405 g/mol. The van der Waals surface area contributed by atoms with Crippen LogP contribution < -0.4 is 9.47 Å². The molecule has 1 unspecified atom stereocenters. The zero-order valence-electron chi connectivity index (χ0n) is 17.6. The van der Waals surface area contributed by atoms with Crippen LogP contribution in [0.3, 0.4) is 0 Å². The summed E-state index contributed by atoms with van der Waals surface area (Å²) in [5.74, 6) is 1.54. The van der Waals surface area contributed by atoms with Gasteiger partial charge in [-0.15, -0.1) is 0 Å². The summed E-state index contributed by atoms with van der Waals surface area (Å²) in [7, 11) is 3.94. The highest BCUT2D eigenvalue weighted by Crippen LogP contribution is 2.33. The second kappa shape index (κ2) is 8.38. The van der Waals surface area contributed by atoms with Gasteiger partial charge in [0, 0.05) is 39.3 Å². The summed E-state index contributed by atoms with van der Waals surface area (Å²) >= 11 is 0. The second-order valence-electron chi connectivity index (χ2n) is 8.41. The number of hydrogen-bond acceptors (Lipinski definition) is 7. The fraction of sp³-hybridized carbons (Fsp3) is 0.667. The Morgan fingerprint density at radius 1 is 1.28 bits per heavy atom. The highest BCUT2D eigenvalue weighted by atomic mass is 16.7. The third-order valence-corrected chi connectivity index (χ3v) is 6.23. The Morgan fingerprint density at radius 2 is 2.07 bits per heavy atom. The molecule has 3 heterocycles. The Morgan fingerprint density at radius 3 is 2.83 bits per heavy atom. The predicted molar refractivity (Wildman–Crippen MR) is 107 cm³/mol. The van der Waals surface area contributed by atoms with E-state index in [1.165, 1.54) is 0 Å². The van der Waals surface area contributed by atoms with Crippen molar-refractivity contribution in [3.05, 3.63) is 23.8 Å². The van der Waals surface area contributed by atoms with Crippen molar-refractivity contribution in [1.29, 1.82) is 0 Å². The van der Waals surface area contributed by atoms with E-state index in [1.807, 2.05) is 25.1 Å². The minimum absolute atomic E-state index is 0.0119. The van der Waals surface area contributed by atoms with Crippen LogP contribution in [0.25, 0.3) is 0 Å². The van der Waals surface area contributed by atoms with E-state index in [4.69, 9.17) is 18.9 Å². The van der Waals surface area contributed by atoms with Gasteiger partial charge in [0.15, 0.2) is 11.5 Å². The zero-order valence-corrected chi connectivity index (χ0v) is 17.6. The molecule has 1 spiro atoms. The van der Waals surface area contributed by atoms with Crippen molar-refractivity contribution >= 4 is 6.09 Å². The highest BCUT2D eigenvalue weighted by Gasteiger charge is 2.46. The fourth-order valence-corrected chi connectivity index (χ4v) is 4.24. The standard InChI is InChI=1S/C21H31N3O5/c1-16(10-17-4-5-18-19(11-17)29-15-28-18)23(3)20(25)27-9-8-24-7-6-22(2)12-21(24)13-26-14-21/h4-5,11,16H,6-10,12-15H2,1-3H3. The van der Waals surface area contributed by atoms with Gasteiger partial charge in [-0.05, 0) is 38.1 Å². The molecule has 4 rings (SSSR count). The SMILES string of the molecule is CC(Cc1ccc2c(c1)OCO2)N(C)C(=O)OCCN1CCN(C)CC12COC2. The van der Waals surface area contributed by atoms with Crippen molar-refractivity contribution < 1.29 is 23.7 Å². The molecule has 1 atom stereocenters. The molecule has 29 heavy (non-hydrogen) atoms. The van der Waals surface area contributed by atoms with E-state index in [-0.39, 0.29) is 24.5 Å². The van der Waals surface area contributed by atoms with Crippen LogP contribution in [0.4, 0.5) is 4.79 Å². The number of likely N-dealkylation sites (N-methyl/N-ethyl adjacent to an activating group) is 2. The van der Waals surface area contributed by atoms with Gasteiger partial charge >= 0.3 is 6.09 Å². The van der Waals surface area contributed by atoms with Crippen molar-refractivity contribution in [1.82, 2.24) is 14.7 Å². The molecule has 0 aromatic heterocycles. The van der Waals surface area contributed by atoms with Crippen LogP contribution in [-0.2, 0) is 15.9 Å². The minimum atomic E-state index is -0.286. The Labute approximate surface area is 172 Å². The molecule has 160 valence electrons. The summed E-state index contributed by atoms with van der Waals surface area (Å²) in [6.45, 7) is 7.96. The van der Waals surface area contributed by atoms with Crippen molar-refractivity contribution in [2.75, 3.05) is 66.9 Å². The predicted octanol–water partition coefficient (Wildman–Crippen LogP) is 1.43. The van der Waals surface area contributed by atoms with Crippen LogP contribution in [0.5, 0.6) is 11.5 Å². The van der Waals surface area contributed by atoms with E-state index in [0.29, 0.717) is 6.61 Å². The zero-order chi connectivity index (χ0) is 20.4. The van der Waals surface area contributed by atoms with Gasteiger partial charge in [-0.1, -0.05) is 6.07 Å². The number of fused-ring (bicyclic) bond motifs is 1. The average molecular weight is 405 g/mol. The number of hydrogen-bond donors (Lipinski definition) is 0. The Kier molecular flexibility index (Phi) is 5.85. The molecule has 2 fully saturated rings. The van der Waals surface area contributed by atoms with E-state index in [1.54, 1.807) is 11.9 Å². The maximum atomic E-state index is 12.5. The molecule has 8 nitrogen and oxygen atoms in total. The van der Waals surface area contributed by atoms with Gasteiger partial charge < -0.3 is 28.7 Å². The summed E-state index contributed by atoms with van der Waals surface area (Å²) in [5.41, 5.74) is 1.20. The smallest absolute Gasteiger partial charge is 0.409 e. The molecule has 0 aliphatic carbocycles. The van der Waals surface area contributed by atoms with Crippen LogP contribution in [0, 0.1) is 0 Å². The third-order valence-electron chi connectivity index (χ3n) is 6.23. The summed E-state index contributed by atoms with van der Waals surface area (Å²) < 4.78 is 21.8. The molecule has 8 heteroatoms. The van der Waals surface area contributed by atoms with Gasteiger partial charge in [-0.25, -0.2) is 4.79 Å². The highest BCUT2D eigenvalue weighted by molar-refractivity contribution is 5.67. The van der Waals surface area contributed by atoms with Crippen LogP contribution in [0.15, 0.2) is 18.2 Å². The number of amides is 1. The first kappa shape index (κ1) is 20.3. The largest absolute Gasteiger partial charge is 0.454 e. The molecule has 0 N–H and O–H groups in total. The molecule has 1 amide bonds. The van der Waals surface area contributed by atoms with E-state index < -0.39 is 0 Å². The lowest BCUT2D eigenvalue weighted by Gasteiger charge is -2.54. The van der Waals surface area contributed by atoms with Crippen molar-refractivity contribution in [2.24, 2.45) is 0 Å². The Bertz CT molecular complexity index is 739. The molecular formula is C21H31N3O5. The third kappa shape index (κ3) is 4.29. The number of rotatable bonds is 6. The molecule has 0 bridgehead atoms. The van der Waals surface area contributed by atoms with Gasteiger partial charge in [0.25, 0.3) is 0 Å². The Hall–Kier alpha value is -2.03. The topological polar surface area (TPSA) is 63.7 Å². The minimum Gasteiger partial charge on any atom is -0.454 e. The maximum Gasteiger partial charge on any atom is 0.409 e. The Balaban J connectivity index is 1.24. The van der Waals surface area contributed by atoms with Crippen LogP contribution >= 0.6 is 0 Å². The lowest BCUT2D eigenvalue weighted by atomic mass is 9.92.